The van der Waals surface area contributed by atoms with E-state index in [4.69, 9.17) is 0 Å². The fraction of sp³-hybridized carbons (Fsp3) is 0.478. The summed E-state index contributed by atoms with van der Waals surface area (Å²) in [7, 11) is 1.92. The lowest BCUT2D eigenvalue weighted by atomic mass is 9.55. The van der Waals surface area contributed by atoms with Crippen molar-refractivity contribution in [2.45, 2.75) is 44.9 Å². The molecule has 2 fully saturated rings. The minimum absolute atomic E-state index is 0.222. The normalized spacial score (nSPS) is 33.6. The van der Waals surface area contributed by atoms with E-state index >= 15 is 0 Å². The molecule has 4 heteroatoms. The molecule has 0 unspecified atom stereocenters. The predicted octanol–water partition coefficient (Wildman–Crippen LogP) is 4.24. The lowest BCUT2D eigenvalue weighted by Gasteiger charge is -2.48. The van der Waals surface area contributed by atoms with Gasteiger partial charge >= 0.3 is 0 Å². The number of ketones is 1. The average Bonchev–Trinajstić information content (AvgIpc) is 3.17. The Morgan fingerprint density at radius 1 is 1.30 bits per heavy atom. The number of aromatic nitrogens is 2. The fourth-order valence-corrected chi connectivity index (χ4v) is 6.07. The summed E-state index contributed by atoms with van der Waals surface area (Å²) in [5.74, 6) is 2.22. The highest BCUT2D eigenvalue weighted by Gasteiger charge is 2.56. The highest BCUT2D eigenvalue weighted by atomic mass is 16.3. The molecule has 0 saturated heterocycles. The Kier molecular flexibility index (Phi) is 3.62. The largest absolute Gasteiger partial charge is 0.508 e. The first kappa shape index (κ1) is 16.8. The summed E-state index contributed by atoms with van der Waals surface area (Å²) in [6, 6.07) is 7.85. The van der Waals surface area contributed by atoms with Crippen LogP contribution in [-0.4, -0.2) is 20.7 Å². The predicted molar refractivity (Wildman–Crippen MR) is 104 cm³/mol. The molecule has 1 N–H and O–H groups in total. The number of hydrogen-bond acceptors (Lipinski definition) is 3. The maximum atomic E-state index is 13.3. The summed E-state index contributed by atoms with van der Waals surface area (Å²) in [4.78, 5) is 13.3. The number of carbonyl (C=O) groups is 1. The topological polar surface area (TPSA) is 55.1 Å². The first-order valence-electron chi connectivity index (χ1n) is 10.0. The van der Waals surface area contributed by atoms with Crippen molar-refractivity contribution in [2.75, 3.05) is 0 Å². The molecule has 27 heavy (non-hydrogen) atoms. The quantitative estimate of drug-likeness (QED) is 0.772. The van der Waals surface area contributed by atoms with Crippen molar-refractivity contribution in [3.05, 3.63) is 52.9 Å². The molecule has 1 aromatic heterocycles. The summed E-state index contributed by atoms with van der Waals surface area (Å²) >= 11 is 0. The summed E-state index contributed by atoms with van der Waals surface area (Å²) in [5, 5.41) is 14.1. The van der Waals surface area contributed by atoms with Crippen molar-refractivity contribution in [1.82, 2.24) is 9.78 Å². The summed E-state index contributed by atoms with van der Waals surface area (Å²) in [6.07, 6.45) is 8.88. The van der Waals surface area contributed by atoms with Gasteiger partial charge in [-0.15, -0.1) is 0 Å². The number of carbonyl (C=O) groups excluding carboxylic acids is 1. The van der Waals surface area contributed by atoms with Crippen LogP contribution >= 0.6 is 0 Å². The van der Waals surface area contributed by atoms with E-state index < -0.39 is 0 Å². The molecule has 2 aromatic rings. The number of aromatic hydroxyl groups is 1. The Morgan fingerprint density at radius 2 is 2.15 bits per heavy atom. The maximum absolute atomic E-state index is 13.3. The smallest absolute Gasteiger partial charge is 0.165 e. The van der Waals surface area contributed by atoms with E-state index in [1.807, 2.05) is 29.9 Å². The van der Waals surface area contributed by atoms with Crippen LogP contribution in [0, 0.1) is 17.3 Å². The summed E-state index contributed by atoms with van der Waals surface area (Å²) < 4.78 is 1.83. The van der Waals surface area contributed by atoms with Crippen molar-refractivity contribution >= 4 is 11.9 Å². The zero-order valence-corrected chi connectivity index (χ0v) is 16.0. The van der Waals surface area contributed by atoms with Crippen molar-refractivity contribution in [1.29, 1.82) is 0 Å². The number of phenols is 1. The first-order valence-corrected chi connectivity index (χ1v) is 10.0. The van der Waals surface area contributed by atoms with Crippen LogP contribution in [-0.2, 0) is 18.3 Å². The molecule has 140 valence electrons. The SMILES string of the molecule is Cn1nccc1/C=C1\C[C@H]2[C@H]3CCc4cc(O)ccc4[C@H]3CC[C@@]2(C)C1=O. The third-order valence-corrected chi connectivity index (χ3v) is 7.53. The van der Waals surface area contributed by atoms with Gasteiger partial charge in [-0.25, -0.2) is 0 Å². The van der Waals surface area contributed by atoms with E-state index in [0.717, 1.165) is 43.4 Å². The fourth-order valence-electron chi connectivity index (χ4n) is 6.07. The Bertz CT molecular complexity index is 957. The van der Waals surface area contributed by atoms with Crippen LogP contribution in [0.15, 0.2) is 36.0 Å². The molecule has 3 aliphatic rings. The van der Waals surface area contributed by atoms with Crippen LogP contribution in [0.2, 0.25) is 0 Å². The van der Waals surface area contributed by atoms with Crippen molar-refractivity contribution in [3.63, 3.8) is 0 Å². The van der Waals surface area contributed by atoms with E-state index in [-0.39, 0.29) is 5.41 Å². The van der Waals surface area contributed by atoms with Crippen molar-refractivity contribution in [3.8, 4) is 5.75 Å². The molecule has 4 nitrogen and oxygen atoms in total. The van der Waals surface area contributed by atoms with Crippen LogP contribution in [0.3, 0.4) is 0 Å². The Morgan fingerprint density at radius 3 is 2.93 bits per heavy atom. The Balaban J connectivity index is 1.51. The Hall–Kier alpha value is -2.36. The second kappa shape index (κ2) is 5.82. The number of hydrogen-bond donors (Lipinski definition) is 1. The van der Waals surface area contributed by atoms with E-state index in [1.165, 1.54) is 11.1 Å². The second-order valence-corrected chi connectivity index (χ2v) is 8.84. The third kappa shape index (κ3) is 2.42. The van der Waals surface area contributed by atoms with Gasteiger partial charge in [-0.1, -0.05) is 13.0 Å². The number of benzene rings is 1. The molecule has 0 bridgehead atoms. The average molecular weight is 362 g/mol. The molecule has 0 aliphatic heterocycles. The highest BCUT2D eigenvalue weighted by Crippen LogP contribution is 2.60. The van der Waals surface area contributed by atoms with Gasteiger partial charge in [0, 0.05) is 18.7 Å². The summed E-state index contributed by atoms with van der Waals surface area (Å²) in [5.41, 5.74) is 4.46. The zero-order chi connectivity index (χ0) is 18.8. The van der Waals surface area contributed by atoms with Crippen LogP contribution < -0.4 is 0 Å². The van der Waals surface area contributed by atoms with Gasteiger partial charge in [-0.05, 0) is 90.8 Å². The minimum atomic E-state index is -0.222. The molecule has 5 rings (SSSR count). The molecule has 2 saturated carbocycles. The van der Waals surface area contributed by atoms with Gasteiger partial charge in [-0.3, -0.25) is 9.48 Å². The number of nitrogens with zero attached hydrogens (tertiary/aromatic N) is 2. The van der Waals surface area contributed by atoms with E-state index in [9.17, 15) is 9.90 Å². The van der Waals surface area contributed by atoms with Crippen LogP contribution in [0.25, 0.3) is 6.08 Å². The molecule has 1 aromatic carbocycles. The highest BCUT2D eigenvalue weighted by molar-refractivity contribution is 6.05. The Labute approximate surface area is 159 Å². The number of allylic oxidation sites excluding steroid dienone is 1. The van der Waals surface area contributed by atoms with E-state index in [0.29, 0.717) is 29.3 Å². The van der Waals surface area contributed by atoms with Gasteiger partial charge in [-0.2, -0.15) is 5.10 Å². The van der Waals surface area contributed by atoms with Gasteiger partial charge in [0.05, 0.1) is 5.69 Å². The molecule has 0 radical (unpaired) electrons. The molecular weight excluding hydrogens is 336 g/mol. The second-order valence-electron chi connectivity index (χ2n) is 8.84. The maximum Gasteiger partial charge on any atom is 0.165 e. The van der Waals surface area contributed by atoms with E-state index in [1.54, 1.807) is 6.20 Å². The molecule has 4 atom stereocenters. The molecular formula is C23H26N2O2. The van der Waals surface area contributed by atoms with Gasteiger partial charge in [0.15, 0.2) is 5.78 Å². The monoisotopic (exact) mass is 362 g/mol. The van der Waals surface area contributed by atoms with Crippen molar-refractivity contribution in [2.24, 2.45) is 24.3 Å². The molecule has 1 heterocycles. The number of Topliss-reactive ketones (excluding diaryl/α,β-unsaturated/α-hetero) is 1. The molecule has 0 spiro atoms. The zero-order valence-electron chi connectivity index (χ0n) is 16.0. The van der Waals surface area contributed by atoms with Gasteiger partial charge in [0.25, 0.3) is 0 Å². The standard InChI is InChI=1S/C23H26N2O2/c1-23-9-7-19-18-6-4-17(26)12-14(18)3-5-20(19)21(23)13-15(22(23)27)11-16-8-10-24-25(16)2/h4,6,8,10-12,19-21,26H,3,5,7,9,13H2,1-2H3/b15-11+/t19-,20+,21+,23-/m1/s1. The first-order chi connectivity index (χ1) is 13.0. The van der Waals surface area contributed by atoms with Crippen LogP contribution in [0.1, 0.15) is 55.3 Å². The van der Waals surface area contributed by atoms with Gasteiger partial charge in [0.2, 0.25) is 0 Å². The van der Waals surface area contributed by atoms with Crippen LogP contribution in [0.4, 0.5) is 0 Å². The van der Waals surface area contributed by atoms with Crippen molar-refractivity contribution < 1.29 is 9.90 Å². The number of fused-ring (bicyclic) bond motifs is 5. The summed E-state index contributed by atoms with van der Waals surface area (Å²) in [6.45, 7) is 2.20. The number of rotatable bonds is 1. The van der Waals surface area contributed by atoms with E-state index in [2.05, 4.69) is 24.2 Å². The van der Waals surface area contributed by atoms with Gasteiger partial charge in [0.1, 0.15) is 5.75 Å². The molecule has 3 aliphatic carbocycles. The lowest BCUT2D eigenvalue weighted by molar-refractivity contribution is -0.127. The minimum Gasteiger partial charge on any atom is -0.508 e. The van der Waals surface area contributed by atoms with Crippen LogP contribution in [0.5, 0.6) is 5.75 Å². The number of aryl methyl sites for hydroxylation is 2. The molecule has 0 amide bonds. The lowest BCUT2D eigenvalue weighted by Crippen LogP contribution is -2.42. The third-order valence-electron chi connectivity index (χ3n) is 7.53. The number of phenolic OH excluding ortho intramolecular Hbond substituents is 1. The van der Waals surface area contributed by atoms with Gasteiger partial charge < -0.3 is 5.11 Å².